The maximum atomic E-state index is 12.0. The molecule has 14 heavy (non-hydrogen) atoms. The minimum atomic E-state index is 0.432. The van der Waals surface area contributed by atoms with Crippen molar-refractivity contribution >= 4 is 5.91 Å². The van der Waals surface area contributed by atoms with Crippen molar-refractivity contribution in [2.75, 3.05) is 13.1 Å². The van der Waals surface area contributed by atoms with E-state index in [4.69, 9.17) is 0 Å². The smallest absolute Gasteiger partial charge is 0.223 e. The number of carbonyl (C=O) groups is 1. The summed E-state index contributed by atoms with van der Waals surface area (Å²) in [6.45, 7) is 2.10. The highest BCUT2D eigenvalue weighted by Crippen LogP contribution is 2.38. The molecule has 3 heterocycles. The highest BCUT2D eigenvalue weighted by molar-refractivity contribution is 5.78. The van der Waals surface area contributed by atoms with E-state index in [0.717, 1.165) is 19.5 Å². The van der Waals surface area contributed by atoms with Crippen molar-refractivity contribution in [2.45, 2.75) is 44.2 Å². The minimum absolute atomic E-state index is 0.432. The molecule has 78 valence electrons. The second-order valence-corrected chi connectivity index (χ2v) is 4.99. The van der Waals surface area contributed by atoms with E-state index >= 15 is 0 Å². The highest BCUT2D eigenvalue weighted by atomic mass is 16.2. The molecule has 3 heteroatoms. The van der Waals surface area contributed by atoms with Crippen LogP contribution in [0.3, 0.4) is 0 Å². The predicted molar refractivity (Wildman–Crippen MR) is 53.9 cm³/mol. The van der Waals surface area contributed by atoms with E-state index in [1.807, 2.05) is 0 Å². The Hall–Kier alpha value is -0.570. The zero-order valence-electron chi connectivity index (χ0n) is 8.54. The topological polar surface area (TPSA) is 32.3 Å². The lowest BCUT2D eigenvalue weighted by Crippen LogP contribution is -2.46. The van der Waals surface area contributed by atoms with Crippen molar-refractivity contribution in [3.8, 4) is 0 Å². The van der Waals surface area contributed by atoms with Gasteiger partial charge < -0.3 is 10.2 Å². The average molecular weight is 194 g/mol. The highest BCUT2D eigenvalue weighted by Gasteiger charge is 2.42. The summed E-state index contributed by atoms with van der Waals surface area (Å²) in [5.74, 6) is 1.06. The van der Waals surface area contributed by atoms with Crippen LogP contribution in [0.1, 0.15) is 32.1 Å². The van der Waals surface area contributed by atoms with E-state index in [0.29, 0.717) is 23.9 Å². The van der Waals surface area contributed by atoms with Gasteiger partial charge in [0.2, 0.25) is 5.91 Å². The summed E-state index contributed by atoms with van der Waals surface area (Å²) in [5.41, 5.74) is 0. The van der Waals surface area contributed by atoms with Crippen molar-refractivity contribution in [3.63, 3.8) is 0 Å². The van der Waals surface area contributed by atoms with Crippen LogP contribution in [0.15, 0.2) is 0 Å². The monoisotopic (exact) mass is 194 g/mol. The summed E-state index contributed by atoms with van der Waals surface area (Å²) in [4.78, 5) is 14.2. The van der Waals surface area contributed by atoms with Gasteiger partial charge in [-0.1, -0.05) is 0 Å². The molecule has 3 rings (SSSR count). The van der Waals surface area contributed by atoms with Gasteiger partial charge in [-0.2, -0.15) is 0 Å². The first-order valence-electron chi connectivity index (χ1n) is 5.86. The largest absolute Gasteiger partial charge is 0.337 e. The van der Waals surface area contributed by atoms with Crippen molar-refractivity contribution in [3.05, 3.63) is 0 Å². The number of rotatable bonds is 2. The molecule has 3 fully saturated rings. The van der Waals surface area contributed by atoms with Crippen LogP contribution in [0.5, 0.6) is 0 Å². The number of amides is 1. The van der Waals surface area contributed by atoms with E-state index in [1.165, 1.54) is 25.7 Å². The van der Waals surface area contributed by atoms with Gasteiger partial charge in [-0.3, -0.25) is 4.79 Å². The van der Waals surface area contributed by atoms with Gasteiger partial charge in [0.05, 0.1) is 0 Å². The Morgan fingerprint density at radius 3 is 2.14 bits per heavy atom. The molecule has 0 unspecified atom stereocenters. The standard InChI is InChI=1S/C11H18N2O/c14-11(5-8-6-12-7-8)13-9-1-2-10(13)4-3-9/h8-10,12H,1-7H2. The molecule has 1 N–H and O–H groups in total. The molecule has 3 nitrogen and oxygen atoms in total. The molecular formula is C11H18N2O. The SMILES string of the molecule is O=C(CC1CNC1)N1C2CCC1CC2. The van der Waals surface area contributed by atoms with Crippen LogP contribution in [-0.2, 0) is 4.79 Å². The molecule has 0 spiro atoms. The fourth-order valence-electron chi connectivity index (χ4n) is 3.17. The van der Waals surface area contributed by atoms with E-state index in [1.54, 1.807) is 0 Å². The van der Waals surface area contributed by atoms with Gasteiger partial charge in [0.1, 0.15) is 0 Å². The van der Waals surface area contributed by atoms with E-state index in [2.05, 4.69) is 10.2 Å². The molecule has 0 aromatic heterocycles. The molecule has 2 bridgehead atoms. The van der Waals surface area contributed by atoms with Gasteiger partial charge in [0.15, 0.2) is 0 Å². The molecule has 0 radical (unpaired) electrons. The summed E-state index contributed by atoms with van der Waals surface area (Å²) < 4.78 is 0. The summed E-state index contributed by atoms with van der Waals surface area (Å²) in [6.07, 6.45) is 5.84. The second-order valence-electron chi connectivity index (χ2n) is 4.99. The average Bonchev–Trinajstić information content (AvgIpc) is 2.69. The van der Waals surface area contributed by atoms with Crippen LogP contribution in [0.4, 0.5) is 0 Å². The number of hydrogen-bond donors (Lipinski definition) is 1. The van der Waals surface area contributed by atoms with Gasteiger partial charge in [-0.25, -0.2) is 0 Å². The van der Waals surface area contributed by atoms with E-state index in [9.17, 15) is 4.79 Å². The van der Waals surface area contributed by atoms with Gasteiger partial charge in [-0.15, -0.1) is 0 Å². The molecule has 0 aromatic rings. The third kappa shape index (κ3) is 1.26. The molecule has 3 aliphatic rings. The van der Waals surface area contributed by atoms with Crippen LogP contribution in [-0.4, -0.2) is 36.0 Å². The Morgan fingerprint density at radius 2 is 1.71 bits per heavy atom. The van der Waals surface area contributed by atoms with Crippen LogP contribution in [0.25, 0.3) is 0 Å². The van der Waals surface area contributed by atoms with Crippen LogP contribution in [0, 0.1) is 5.92 Å². The third-order valence-corrected chi connectivity index (χ3v) is 4.07. The molecule has 0 saturated carbocycles. The molecule has 0 aliphatic carbocycles. The maximum absolute atomic E-state index is 12.0. The van der Waals surface area contributed by atoms with Crippen molar-refractivity contribution in [2.24, 2.45) is 5.92 Å². The number of nitrogens with zero attached hydrogens (tertiary/aromatic N) is 1. The fourth-order valence-corrected chi connectivity index (χ4v) is 3.17. The Morgan fingerprint density at radius 1 is 1.14 bits per heavy atom. The zero-order valence-corrected chi connectivity index (χ0v) is 8.54. The molecule has 1 amide bonds. The quantitative estimate of drug-likeness (QED) is 0.703. The molecule has 0 aromatic carbocycles. The maximum Gasteiger partial charge on any atom is 0.223 e. The van der Waals surface area contributed by atoms with Gasteiger partial charge in [0, 0.05) is 18.5 Å². The first-order chi connectivity index (χ1) is 6.84. The summed E-state index contributed by atoms with van der Waals surface area (Å²) in [7, 11) is 0. The molecule has 3 saturated heterocycles. The Balaban J connectivity index is 1.61. The zero-order chi connectivity index (χ0) is 9.54. The number of hydrogen-bond acceptors (Lipinski definition) is 2. The van der Waals surface area contributed by atoms with Crippen LogP contribution >= 0.6 is 0 Å². The Bertz CT molecular complexity index is 230. The fraction of sp³-hybridized carbons (Fsp3) is 0.909. The summed E-state index contributed by atoms with van der Waals surface area (Å²) in [6, 6.07) is 1.22. The van der Waals surface area contributed by atoms with Crippen molar-refractivity contribution < 1.29 is 4.79 Å². The van der Waals surface area contributed by atoms with Gasteiger partial charge in [0.25, 0.3) is 0 Å². The van der Waals surface area contributed by atoms with E-state index < -0.39 is 0 Å². The van der Waals surface area contributed by atoms with Gasteiger partial charge in [-0.05, 0) is 44.7 Å². The van der Waals surface area contributed by atoms with Crippen molar-refractivity contribution in [1.29, 1.82) is 0 Å². The number of fused-ring (bicyclic) bond motifs is 2. The third-order valence-electron chi connectivity index (χ3n) is 4.07. The molecule has 0 atom stereocenters. The van der Waals surface area contributed by atoms with Crippen molar-refractivity contribution in [1.82, 2.24) is 10.2 Å². The normalized spacial score (nSPS) is 36.1. The van der Waals surface area contributed by atoms with Crippen LogP contribution < -0.4 is 5.32 Å². The lowest BCUT2D eigenvalue weighted by molar-refractivity contribution is -0.133. The van der Waals surface area contributed by atoms with E-state index in [-0.39, 0.29) is 0 Å². The minimum Gasteiger partial charge on any atom is -0.337 e. The summed E-state index contributed by atoms with van der Waals surface area (Å²) in [5, 5.41) is 3.22. The lowest BCUT2D eigenvalue weighted by Gasteiger charge is -2.30. The second kappa shape index (κ2) is 3.23. The summed E-state index contributed by atoms with van der Waals surface area (Å²) >= 11 is 0. The number of carbonyl (C=O) groups excluding carboxylic acids is 1. The predicted octanol–water partition coefficient (Wildman–Crippen LogP) is 0.749. The number of nitrogens with one attached hydrogen (secondary N) is 1. The first-order valence-corrected chi connectivity index (χ1v) is 5.86. The molecule has 3 aliphatic heterocycles. The lowest BCUT2D eigenvalue weighted by atomic mass is 9.98. The van der Waals surface area contributed by atoms with Crippen LogP contribution in [0.2, 0.25) is 0 Å². The Kier molecular flexibility index (Phi) is 2.01. The Labute approximate surface area is 84.8 Å². The van der Waals surface area contributed by atoms with Gasteiger partial charge >= 0.3 is 0 Å². The first kappa shape index (κ1) is 8.72. The molecular weight excluding hydrogens is 176 g/mol.